The van der Waals surface area contributed by atoms with Gasteiger partial charge in [0.25, 0.3) is 0 Å². The van der Waals surface area contributed by atoms with Crippen molar-refractivity contribution in [3.05, 3.63) is 16.6 Å². The van der Waals surface area contributed by atoms with Gasteiger partial charge in [0.15, 0.2) is 0 Å². The summed E-state index contributed by atoms with van der Waals surface area (Å²) >= 11 is 1.63. The maximum absolute atomic E-state index is 10.8. The second-order valence-corrected chi connectivity index (χ2v) is 4.83. The Bertz CT molecular complexity index is 326. The van der Waals surface area contributed by atoms with Gasteiger partial charge in [0.2, 0.25) is 0 Å². The van der Waals surface area contributed by atoms with Crippen molar-refractivity contribution >= 4 is 17.3 Å². The molecule has 1 fully saturated rings. The number of aliphatic carboxylic acids is 1. The quantitative estimate of drug-likeness (QED) is 0.815. The number of rotatable bonds is 3. The summed E-state index contributed by atoms with van der Waals surface area (Å²) in [5.41, 5.74) is 1.81. The van der Waals surface area contributed by atoms with E-state index in [1.165, 1.54) is 4.88 Å². The predicted molar refractivity (Wildman–Crippen MR) is 58.0 cm³/mol. The summed E-state index contributed by atoms with van der Waals surface area (Å²) in [6, 6.07) is -0.0722. The molecule has 2 rings (SSSR count). The fourth-order valence-electron chi connectivity index (χ4n) is 1.96. The molecule has 0 amide bonds. The standard InChI is InChI=1S/C10H14N2O2S/c13-10(14)9-3-1-2-7(12-9)4-8-5-11-6-15-8/h5-7,9,12H,1-4H2,(H,13,14). The Labute approximate surface area is 92.3 Å². The van der Waals surface area contributed by atoms with Crippen LogP contribution in [0.25, 0.3) is 0 Å². The number of nitrogens with zero attached hydrogens (tertiary/aromatic N) is 1. The van der Waals surface area contributed by atoms with Gasteiger partial charge in [-0.05, 0) is 25.7 Å². The molecule has 0 saturated carbocycles. The molecular weight excluding hydrogens is 212 g/mol. The lowest BCUT2D eigenvalue weighted by atomic mass is 9.96. The highest BCUT2D eigenvalue weighted by atomic mass is 32.1. The van der Waals surface area contributed by atoms with Crippen LogP contribution >= 0.6 is 11.3 Å². The minimum absolute atomic E-state index is 0.292. The van der Waals surface area contributed by atoms with Crippen LogP contribution in [0.2, 0.25) is 0 Å². The van der Waals surface area contributed by atoms with Crippen LogP contribution in [0.5, 0.6) is 0 Å². The van der Waals surface area contributed by atoms with Crippen molar-refractivity contribution in [2.24, 2.45) is 0 Å². The minimum atomic E-state index is -0.732. The topological polar surface area (TPSA) is 62.2 Å². The van der Waals surface area contributed by atoms with E-state index < -0.39 is 5.97 Å². The van der Waals surface area contributed by atoms with E-state index in [4.69, 9.17) is 5.11 Å². The van der Waals surface area contributed by atoms with E-state index in [-0.39, 0.29) is 6.04 Å². The van der Waals surface area contributed by atoms with Crippen LogP contribution in [0.3, 0.4) is 0 Å². The molecule has 0 aromatic carbocycles. The molecule has 1 aliphatic rings. The summed E-state index contributed by atoms with van der Waals surface area (Å²) in [7, 11) is 0. The first-order valence-electron chi connectivity index (χ1n) is 5.12. The average Bonchev–Trinajstić information content (AvgIpc) is 2.71. The molecule has 2 atom stereocenters. The third-order valence-electron chi connectivity index (χ3n) is 2.71. The molecule has 2 N–H and O–H groups in total. The van der Waals surface area contributed by atoms with E-state index in [1.807, 2.05) is 11.7 Å². The van der Waals surface area contributed by atoms with Gasteiger partial charge in [0.1, 0.15) is 6.04 Å². The number of carbonyl (C=O) groups is 1. The fraction of sp³-hybridized carbons (Fsp3) is 0.600. The monoisotopic (exact) mass is 226 g/mol. The number of carboxylic acid groups (broad SMARTS) is 1. The lowest BCUT2D eigenvalue weighted by Crippen LogP contribution is -2.47. The molecule has 82 valence electrons. The Balaban J connectivity index is 1.90. The molecule has 2 unspecified atom stereocenters. The number of thiazole rings is 1. The number of piperidine rings is 1. The van der Waals surface area contributed by atoms with Crippen LogP contribution in [0.4, 0.5) is 0 Å². The van der Waals surface area contributed by atoms with Gasteiger partial charge in [-0.2, -0.15) is 0 Å². The Morgan fingerprint density at radius 3 is 3.20 bits per heavy atom. The molecule has 2 heterocycles. The zero-order valence-electron chi connectivity index (χ0n) is 8.35. The Hall–Kier alpha value is -0.940. The first-order chi connectivity index (χ1) is 7.25. The van der Waals surface area contributed by atoms with Crippen LogP contribution in [0, 0.1) is 0 Å². The van der Waals surface area contributed by atoms with E-state index in [1.54, 1.807) is 11.3 Å². The van der Waals surface area contributed by atoms with Gasteiger partial charge in [0.05, 0.1) is 5.51 Å². The molecule has 0 radical (unpaired) electrons. The molecule has 0 bridgehead atoms. The van der Waals surface area contributed by atoms with Gasteiger partial charge in [-0.25, -0.2) is 0 Å². The van der Waals surface area contributed by atoms with Crippen LogP contribution in [0.15, 0.2) is 11.7 Å². The summed E-state index contributed by atoms with van der Waals surface area (Å²) < 4.78 is 0. The second kappa shape index (κ2) is 4.72. The number of hydrogen-bond acceptors (Lipinski definition) is 4. The summed E-state index contributed by atoms with van der Waals surface area (Å²) in [6.45, 7) is 0. The largest absolute Gasteiger partial charge is 0.480 e. The molecule has 0 aliphatic carbocycles. The molecular formula is C10H14N2O2S. The second-order valence-electron chi connectivity index (χ2n) is 3.86. The maximum Gasteiger partial charge on any atom is 0.320 e. The van der Waals surface area contributed by atoms with Crippen LogP contribution < -0.4 is 5.32 Å². The van der Waals surface area contributed by atoms with Gasteiger partial charge >= 0.3 is 5.97 Å². The van der Waals surface area contributed by atoms with Crippen molar-refractivity contribution in [3.8, 4) is 0 Å². The predicted octanol–water partition coefficient (Wildman–Crippen LogP) is 1.28. The van der Waals surface area contributed by atoms with E-state index in [9.17, 15) is 4.79 Å². The molecule has 0 spiro atoms. The van der Waals surface area contributed by atoms with Crippen LogP contribution in [0.1, 0.15) is 24.1 Å². The summed E-state index contributed by atoms with van der Waals surface area (Å²) in [6.07, 6.45) is 5.55. The lowest BCUT2D eigenvalue weighted by Gasteiger charge is -2.28. The molecule has 5 heteroatoms. The summed E-state index contributed by atoms with van der Waals surface area (Å²) in [5, 5.41) is 12.1. The third kappa shape index (κ3) is 2.76. The van der Waals surface area contributed by atoms with Gasteiger partial charge in [-0.15, -0.1) is 11.3 Å². The van der Waals surface area contributed by atoms with Crippen LogP contribution in [-0.2, 0) is 11.2 Å². The summed E-state index contributed by atoms with van der Waals surface area (Å²) in [5.74, 6) is -0.732. The normalized spacial score (nSPS) is 26.4. The first kappa shape index (κ1) is 10.6. The molecule has 1 aromatic rings. The molecule has 1 aliphatic heterocycles. The van der Waals surface area contributed by atoms with E-state index >= 15 is 0 Å². The van der Waals surface area contributed by atoms with E-state index in [2.05, 4.69) is 10.3 Å². The van der Waals surface area contributed by atoms with E-state index in [0.717, 1.165) is 25.7 Å². The zero-order chi connectivity index (χ0) is 10.7. The van der Waals surface area contributed by atoms with E-state index in [0.29, 0.717) is 6.04 Å². The van der Waals surface area contributed by atoms with Gasteiger partial charge in [-0.3, -0.25) is 9.78 Å². The highest BCUT2D eigenvalue weighted by molar-refractivity contribution is 7.09. The maximum atomic E-state index is 10.8. The Morgan fingerprint density at radius 2 is 2.53 bits per heavy atom. The lowest BCUT2D eigenvalue weighted by molar-refractivity contribution is -0.140. The highest BCUT2D eigenvalue weighted by Crippen LogP contribution is 2.18. The Morgan fingerprint density at radius 1 is 1.67 bits per heavy atom. The van der Waals surface area contributed by atoms with Gasteiger partial charge < -0.3 is 10.4 Å². The molecule has 1 aromatic heterocycles. The highest BCUT2D eigenvalue weighted by Gasteiger charge is 2.25. The molecule has 15 heavy (non-hydrogen) atoms. The zero-order valence-corrected chi connectivity index (χ0v) is 9.17. The van der Waals surface area contributed by atoms with Crippen molar-refractivity contribution in [3.63, 3.8) is 0 Å². The Kier molecular flexibility index (Phi) is 3.33. The van der Waals surface area contributed by atoms with Gasteiger partial charge in [0, 0.05) is 17.1 Å². The SMILES string of the molecule is O=C(O)C1CCCC(Cc2cncs2)N1. The number of nitrogens with one attached hydrogen (secondary N) is 1. The first-order valence-corrected chi connectivity index (χ1v) is 6.00. The fourth-order valence-corrected chi connectivity index (χ4v) is 2.64. The third-order valence-corrected chi connectivity index (χ3v) is 3.51. The average molecular weight is 226 g/mol. The molecule has 4 nitrogen and oxygen atoms in total. The molecule has 1 saturated heterocycles. The van der Waals surface area contributed by atoms with Crippen LogP contribution in [-0.4, -0.2) is 28.1 Å². The summed E-state index contributed by atoms with van der Waals surface area (Å²) in [4.78, 5) is 16.1. The van der Waals surface area contributed by atoms with Crippen molar-refractivity contribution < 1.29 is 9.90 Å². The van der Waals surface area contributed by atoms with Crippen molar-refractivity contribution in [1.82, 2.24) is 10.3 Å². The van der Waals surface area contributed by atoms with Crippen molar-refractivity contribution in [2.45, 2.75) is 37.8 Å². The minimum Gasteiger partial charge on any atom is -0.480 e. The van der Waals surface area contributed by atoms with Crippen molar-refractivity contribution in [2.75, 3.05) is 0 Å². The smallest absolute Gasteiger partial charge is 0.320 e. The van der Waals surface area contributed by atoms with Gasteiger partial charge in [-0.1, -0.05) is 0 Å². The number of aromatic nitrogens is 1. The number of hydrogen-bond donors (Lipinski definition) is 2. The number of carboxylic acids is 1. The van der Waals surface area contributed by atoms with Crippen molar-refractivity contribution in [1.29, 1.82) is 0 Å².